The molecule has 2 fully saturated rings. The molecule has 1 N–H and O–H groups in total. The van der Waals surface area contributed by atoms with Gasteiger partial charge in [0.2, 0.25) is 5.91 Å². The SMILES string of the molecule is COc1ccc(C2=NN(c3ccc(C4=NNC(=O)CC4C)cc3)C(=O)[C@@H]3CCCC[C@H]23)cc1OC1CCCC1. The van der Waals surface area contributed by atoms with Gasteiger partial charge >= 0.3 is 0 Å². The van der Waals surface area contributed by atoms with Gasteiger partial charge in [0.25, 0.3) is 5.91 Å². The molecule has 2 aliphatic carbocycles. The first-order valence-electron chi connectivity index (χ1n) is 14.3. The third-order valence-corrected chi connectivity index (χ3v) is 8.57. The third kappa shape index (κ3) is 5.04. The van der Waals surface area contributed by atoms with Crippen molar-refractivity contribution in [2.45, 2.75) is 70.8 Å². The van der Waals surface area contributed by atoms with E-state index in [-0.39, 0.29) is 35.7 Å². The van der Waals surface area contributed by atoms with Gasteiger partial charge in [-0.15, -0.1) is 0 Å². The quantitative estimate of drug-likeness (QED) is 0.541. The van der Waals surface area contributed by atoms with Crippen LogP contribution < -0.4 is 19.9 Å². The maximum absolute atomic E-state index is 13.7. The first-order valence-corrected chi connectivity index (χ1v) is 14.3. The second kappa shape index (κ2) is 10.8. The van der Waals surface area contributed by atoms with Crippen molar-refractivity contribution in [1.82, 2.24) is 5.43 Å². The lowest BCUT2D eigenvalue weighted by atomic mass is 9.73. The van der Waals surface area contributed by atoms with Crippen LogP contribution in [0.5, 0.6) is 11.5 Å². The van der Waals surface area contributed by atoms with E-state index in [0.717, 1.165) is 78.3 Å². The molecule has 0 spiro atoms. The molecule has 0 saturated heterocycles. The average Bonchev–Trinajstić information content (AvgIpc) is 3.47. The predicted octanol–water partition coefficient (Wildman–Crippen LogP) is 5.43. The average molecular weight is 529 g/mol. The number of fused-ring (bicyclic) bond motifs is 1. The number of amides is 2. The topological polar surface area (TPSA) is 92.6 Å². The van der Waals surface area contributed by atoms with Crippen LogP contribution in [-0.2, 0) is 9.59 Å². The maximum Gasteiger partial charge on any atom is 0.251 e. The summed E-state index contributed by atoms with van der Waals surface area (Å²) in [4.78, 5) is 25.4. The Bertz CT molecular complexity index is 1310. The highest BCUT2D eigenvalue weighted by Gasteiger charge is 2.42. The molecule has 39 heavy (non-hydrogen) atoms. The summed E-state index contributed by atoms with van der Waals surface area (Å²) in [6.07, 6.45) is 9.12. The zero-order valence-corrected chi connectivity index (χ0v) is 22.7. The molecule has 8 heteroatoms. The van der Waals surface area contributed by atoms with Crippen LogP contribution in [0.4, 0.5) is 5.69 Å². The Morgan fingerprint density at radius 1 is 0.846 bits per heavy atom. The highest BCUT2D eigenvalue weighted by Crippen LogP contribution is 2.41. The van der Waals surface area contributed by atoms with Crippen molar-refractivity contribution in [1.29, 1.82) is 0 Å². The fourth-order valence-corrected chi connectivity index (χ4v) is 6.49. The van der Waals surface area contributed by atoms with Crippen LogP contribution in [0.15, 0.2) is 52.7 Å². The summed E-state index contributed by atoms with van der Waals surface area (Å²) in [5.41, 5.74) is 7.01. The largest absolute Gasteiger partial charge is 0.493 e. The second-order valence-electron chi connectivity index (χ2n) is 11.2. The van der Waals surface area contributed by atoms with Crippen LogP contribution in [-0.4, -0.2) is 36.5 Å². The Morgan fingerprint density at radius 2 is 1.54 bits per heavy atom. The van der Waals surface area contributed by atoms with Crippen LogP contribution in [0.25, 0.3) is 0 Å². The lowest BCUT2D eigenvalue weighted by molar-refractivity contribution is -0.125. The van der Waals surface area contributed by atoms with Gasteiger partial charge in [0.15, 0.2) is 11.5 Å². The fourth-order valence-electron chi connectivity index (χ4n) is 6.49. The summed E-state index contributed by atoms with van der Waals surface area (Å²) in [7, 11) is 1.67. The number of nitrogens with one attached hydrogen (secondary N) is 1. The van der Waals surface area contributed by atoms with Crippen molar-refractivity contribution in [2.24, 2.45) is 28.0 Å². The second-order valence-corrected chi connectivity index (χ2v) is 11.2. The van der Waals surface area contributed by atoms with Gasteiger partial charge in [-0.25, -0.2) is 10.4 Å². The normalized spacial score (nSPS) is 25.5. The highest BCUT2D eigenvalue weighted by atomic mass is 16.5. The number of ether oxygens (including phenoxy) is 2. The predicted molar refractivity (Wildman–Crippen MR) is 150 cm³/mol. The van der Waals surface area contributed by atoms with E-state index >= 15 is 0 Å². The first-order chi connectivity index (χ1) is 19.0. The Balaban J connectivity index is 1.34. The molecule has 2 saturated carbocycles. The monoisotopic (exact) mass is 528 g/mol. The lowest BCUT2D eigenvalue weighted by Gasteiger charge is -2.38. The van der Waals surface area contributed by atoms with Gasteiger partial charge in [0.1, 0.15) is 0 Å². The Kier molecular flexibility index (Phi) is 7.11. The number of anilines is 1. The minimum absolute atomic E-state index is 0.0320. The standard InChI is InChI=1S/C31H36N4O4/c1-19-17-28(36)32-33-29(19)20-11-14-22(15-12-20)35-31(37)25-10-6-5-9-24(25)30(34-35)21-13-16-26(38-2)27(18-21)39-23-7-3-4-8-23/h11-16,18-19,23-25H,3-10,17H2,1-2H3,(H,32,36)/t19?,24-,25+/m0/s1. The van der Waals surface area contributed by atoms with Crippen LogP contribution in [0.2, 0.25) is 0 Å². The molecule has 1 unspecified atom stereocenters. The molecule has 2 aliphatic heterocycles. The molecular formula is C31H36N4O4. The van der Waals surface area contributed by atoms with E-state index in [4.69, 9.17) is 14.6 Å². The first kappa shape index (κ1) is 25.6. The number of nitrogens with zero attached hydrogens (tertiary/aromatic N) is 3. The molecule has 8 nitrogen and oxygen atoms in total. The van der Waals surface area contributed by atoms with Gasteiger partial charge in [-0.3, -0.25) is 9.59 Å². The fraction of sp³-hybridized carbons (Fsp3) is 0.484. The van der Waals surface area contributed by atoms with Crippen LogP contribution in [0.3, 0.4) is 0 Å². The van der Waals surface area contributed by atoms with E-state index in [0.29, 0.717) is 6.42 Å². The number of benzene rings is 2. The molecule has 4 aliphatic rings. The Hall–Kier alpha value is -3.68. The number of carbonyl (C=O) groups excluding carboxylic acids is 2. The Labute approximate surface area is 229 Å². The summed E-state index contributed by atoms with van der Waals surface area (Å²) in [5, 5.41) is 10.9. The van der Waals surface area contributed by atoms with E-state index in [2.05, 4.69) is 16.6 Å². The molecule has 2 aromatic carbocycles. The van der Waals surface area contributed by atoms with Crippen LogP contribution >= 0.6 is 0 Å². The van der Waals surface area contributed by atoms with Gasteiger partial charge in [0, 0.05) is 29.7 Å². The summed E-state index contributed by atoms with van der Waals surface area (Å²) < 4.78 is 12.0. The summed E-state index contributed by atoms with van der Waals surface area (Å²) in [5.74, 6) is 1.50. The number of carbonyl (C=O) groups is 2. The molecule has 6 rings (SSSR count). The van der Waals surface area contributed by atoms with Crippen LogP contribution in [0.1, 0.15) is 75.8 Å². The van der Waals surface area contributed by atoms with Gasteiger partial charge in [-0.05, 0) is 74.4 Å². The molecule has 0 bridgehead atoms. The molecule has 2 amide bonds. The van der Waals surface area contributed by atoms with Gasteiger partial charge in [-0.2, -0.15) is 10.2 Å². The molecule has 2 heterocycles. The summed E-state index contributed by atoms with van der Waals surface area (Å²) in [6.45, 7) is 2.00. The number of methoxy groups -OCH3 is 1. The number of hydrogen-bond acceptors (Lipinski definition) is 6. The zero-order chi connectivity index (χ0) is 26.9. The number of hydrogen-bond donors (Lipinski definition) is 1. The van der Waals surface area contributed by atoms with Crippen molar-refractivity contribution in [3.05, 3.63) is 53.6 Å². The van der Waals surface area contributed by atoms with Gasteiger partial charge in [0.05, 0.1) is 30.3 Å². The third-order valence-electron chi connectivity index (χ3n) is 8.57. The Morgan fingerprint density at radius 3 is 2.26 bits per heavy atom. The highest BCUT2D eigenvalue weighted by molar-refractivity contribution is 6.12. The van der Waals surface area contributed by atoms with E-state index in [1.54, 1.807) is 12.1 Å². The van der Waals surface area contributed by atoms with E-state index in [1.807, 2.05) is 43.3 Å². The molecule has 0 radical (unpaired) electrons. The van der Waals surface area contributed by atoms with Crippen LogP contribution in [0, 0.1) is 17.8 Å². The van der Waals surface area contributed by atoms with Crippen molar-refractivity contribution in [3.63, 3.8) is 0 Å². The zero-order valence-electron chi connectivity index (χ0n) is 22.7. The van der Waals surface area contributed by atoms with Crippen molar-refractivity contribution in [2.75, 3.05) is 12.1 Å². The maximum atomic E-state index is 13.7. The smallest absolute Gasteiger partial charge is 0.251 e. The lowest BCUT2D eigenvalue weighted by Crippen LogP contribution is -2.46. The molecular weight excluding hydrogens is 492 g/mol. The minimum Gasteiger partial charge on any atom is -0.493 e. The molecule has 0 aromatic heterocycles. The van der Waals surface area contributed by atoms with Crippen molar-refractivity contribution < 1.29 is 19.1 Å². The molecule has 3 atom stereocenters. The van der Waals surface area contributed by atoms with Gasteiger partial charge in [-0.1, -0.05) is 31.9 Å². The van der Waals surface area contributed by atoms with E-state index in [9.17, 15) is 9.59 Å². The molecule has 2 aromatic rings. The van der Waals surface area contributed by atoms with Crippen molar-refractivity contribution in [3.8, 4) is 11.5 Å². The number of rotatable bonds is 6. The van der Waals surface area contributed by atoms with E-state index < -0.39 is 0 Å². The van der Waals surface area contributed by atoms with E-state index in [1.165, 1.54) is 12.8 Å². The summed E-state index contributed by atoms with van der Waals surface area (Å²) >= 11 is 0. The van der Waals surface area contributed by atoms with Crippen molar-refractivity contribution >= 4 is 28.9 Å². The number of hydrazone groups is 2. The molecule has 204 valence electrons. The minimum atomic E-state index is -0.0924. The summed E-state index contributed by atoms with van der Waals surface area (Å²) in [6, 6.07) is 13.8. The van der Waals surface area contributed by atoms with Gasteiger partial charge < -0.3 is 9.47 Å².